The Morgan fingerprint density at radius 1 is 1.03 bits per heavy atom. The number of amides is 1. The molecule has 1 fully saturated rings. The lowest BCUT2D eigenvalue weighted by molar-refractivity contribution is -0.123. The van der Waals surface area contributed by atoms with Crippen molar-refractivity contribution in [3.8, 4) is 0 Å². The molecule has 0 saturated heterocycles. The van der Waals surface area contributed by atoms with E-state index in [1.54, 1.807) is 12.1 Å². The lowest BCUT2D eigenvalue weighted by Gasteiger charge is -2.36. The van der Waals surface area contributed by atoms with Crippen molar-refractivity contribution >= 4 is 27.3 Å². The maximum Gasteiger partial charge on any atom is 0.264 e. The number of aryl methyl sites for hydroxylation is 1. The smallest absolute Gasteiger partial charge is 0.264 e. The van der Waals surface area contributed by atoms with E-state index < -0.39 is 32.0 Å². The summed E-state index contributed by atoms with van der Waals surface area (Å²) < 4.78 is 55.7. The third-order valence-electron chi connectivity index (χ3n) is 6.57. The molecule has 1 aliphatic carbocycles. The number of carbonyl (C=O) groups excluding carboxylic acids is 1. The topological polar surface area (TPSA) is 75.3 Å². The number of benzene rings is 3. The largest absolute Gasteiger partial charge is 0.325 e. The predicted octanol–water partition coefficient (Wildman–Crippen LogP) is 5.04. The Labute approximate surface area is 190 Å². The van der Waals surface area contributed by atoms with Crippen LogP contribution in [0.5, 0.6) is 0 Å². The summed E-state index contributed by atoms with van der Waals surface area (Å²) in [5.41, 5.74) is 3.97. The fourth-order valence-corrected chi connectivity index (χ4v) is 5.74. The van der Waals surface area contributed by atoms with Crippen LogP contribution in [0.3, 0.4) is 0 Å². The molecule has 0 radical (unpaired) electrons. The van der Waals surface area contributed by atoms with E-state index in [1.165, 1.54) is 0 Å². The molecule has 1 heterocycles. The molecule has 0 aromatic heterocycles. The quantitative estimate of drug-likeness (QED) is 0.551. The summed E-state index contributed by atoms with van der Waals surface area (Å²) in [7, 11) is -4.31. The predicted molar refractivity (Wildman–Crippen MR) is 122 cm³/mol. The maximum absolute atomic E-state index is 14.2. The standard InChI is InChI=1S/C25H22F2N2O3S/c1-15-3-5-16(6-4-15)11-17-12-19(14-20-23(17)28-24(30)25(20)9-2-10-25)29-33(31,32)22-8-7-18(26)13-21(22)27/h3-8,12-14,29H,2,9-11H2,1H3,(H,28,30). The van der Waals surface area contributed by atoms with Gasteiger partial charge in [0.05, 0.1) is 5.41 Å². The molecule has 2 aliphatic rings. The van der Waals surface area contributed by atoms with Gasteiger partial charge in [0.2, 0.25) is 5.91 Å². The summed E-state index contributed by atoms with van der Waals surface area (Å²) in [6.45, 7) is 1.99. The first-order chi connectivity index (χ1) is 15.7. The van der Waals surface area contributed by atoms with Crippen molar-refractivity contribution in [2.45, 2.75) is 42.9 Å². The average molecular weight is 469 g/mol. The van der Waals surface area contributed by atoms with E-state index in [1.807, 2.05) is 31.2 Å². The van der Waals surface area contributed by atoms with Crippen LogP contribution in [0, 0.1) is 18.6 Å². The second-order valence-electron chi connectivity index (χ2n) is 8.79. The Balaban J connectivity index is 1.58. The molecule has 1 saturated carbocycles. The van der Waals surface area contributed by atoms with Gasteiger partial charge in [-0.2, -0.15) is 0 Å². The van der Waals surface area contributed by atoms with Gasteiger partial charge in [-0.25, -0.2) is 17.2 Å². The van der Waals surface area contributed by atoms with E-state index in [0.717, 1.165) is 46.5 Å². The highest BCUT2D eigenvalue weighted by Gasteiger charge is 2.51. The number of anilines is 2. The minimum atomic E-state index is -4.31. The zero-order chi connectivity index (χ0) is 23.4. The Bertz CT molecular complexity index is 1380. The normalized spacial score (nSPS) is 16.3. The fourth-order valence-electron chi connectivity index (χ4n) is 4.64. The summed E-state index contributed by atoms with van der Waals surface area (Å²) in [5.74, 6) is -2.10. The van der Waals surface area contributed by atoms with Crippen molar-refractivity contribution in [1.29, 1.82) is 0 Å². The van der Waals surface area contributed by atoms with Gasteiger partial charge < -0.3 is 5.32 Å². The van der Waals surface area contributed by atoms with Crippen LogP contribution >= 0.6 is 0 Å². The van der Waals surface area contributed by atoms with Crippen molar-refractivity contribution < 1.29 is 22.0 Å². The van der Waals surface area contributed by atoms with Gasteiger partial charge in [0.25, 0.3) is 10.0 Å². The van der Waals surface area contributed by atoms with Crippen LogP contribution in [-0.4, -0.2) is 14.3 Å². The van der Waals surface area contributed by atoms with Gasteiger partial charge in [-0.3, -0.25) is 9.52 Å². The molecule has 3 aromatic carbocycles. The van der Waals surface area contributed by atoms with Crippen molar-refractivity contribution in [1.82, 2.24) is 0 Å². The molecular formula is C25H22F2N2O3S. The first-order valence-electron chi connectivity index (χ1n) is 10.7. The Kier molecular flexibility index (Phi) is 5.01. The Morgan fingerprint density at radius 3 is 2.39 bits per heavy atom. The van der Waals surface area contributed by atoms with Gasteiger partial charge in [-0.1, -0.05) is 36.2 Å². The van der Waals surface area contributed by atoms with E-state index in [4.69, 9.17) is 0 Å². The van der Waals surface area contributed by atoms with E-state index in [2.05, 4.69) is 10.0 Å². The van der Waals surface area contributed by atoms with Gasteiger partial charge in [-0.05, 0) is 67.1 Å². The van der Waals surface area contributed by atoms with E-state index in [9.17, 15) is 22.0 Å². The molecule has 33 heavy (non-hydrogen) atoms. The van der Waals surface area contributed by atoms with Crippen molar-refractivity contribution in [3.05, 3.63) is 88.5 Å². The van der Waals surface area contributed by atoms with Crippen LogP contribution in [0.2, 0.25) is 0 Å². The van der Waals surface area contributed by atoms with Gasteiger partial charge >= 0.3 is 0 Å². The Morgan fingerprint density at radius 2 is 1.76 bits per heavy atom. The molecule has 5 rings (SSSR count). The zero-order valence-corrected chi connectivity index (χ0v) is 18.7. The van der Waals surface area contributed by atoms with Gasteiger partial charge in [0.15, 0.2) is 0 Å². The van der Waals surface area contributed by atoms with E-state index in [-0.39, 0.29) is 11.6 Å². The first kappa shape index (κ1) is 21.6. The van der Waals surface area contributed by atoms with Gasteiger partial charge in [-0.15, -0.1) is 0 Å². The number of rotatable bonds is 5. The molecule has 0 unspecified atom stereocenters. The fraction of sp³-hybridized carbons (Fsp3) is 0.240. The number of sulfonamides is 1. The lowest BCUT2D eigenvalue weighted by atomic mass is 9.65. The monoisotopic (exact) mass is 468 g/mol. The number of hydrogen-bond donors (Lipinski definition) is 2. The lowest BCUT2D eigenvalue weighted by Crippen LogP contribution is -2.40. The highest BCUT2D eigenvalue weighted by atomic mass is 32.2. The Hall–Kier alpha value is -3.26. The summed E-state index contributed by atoms with van der Waals surface area (Å²) in [5, 5.41) is 3.01. The highest BCUT2D eigenvalue weighted by molar-refractivity contribution is 7.92. The van der Waals surface area contributed by atoms with Crippen LogP contribution in [0.25, 0.3) is 0 Å². The first-order valence-corrected chi connectivity index (χ1v) is 12.2. The summed E-state index contributed by atoms with van der Waals surface area (Å²) >= 11 is 0. The van der Waals surface area contributed by atoms with Gasteiger partial charge in [0.1, 0.15) is 16.5 Å². The number of halogens is 2. The molecule has 3 aromatic rings. The van der Waals surface area contributed by atoms with Crippen LogP contribution < -0.4 is 10.0 Å². The number of hydrogen-bond acceptors (Lipinski definition) is 3. The molecule has 8 heteroatoms. The van der Waals surface area contributed by atoms with E-state index >= 15 is 0 Å². The van der Waals surface area contributed by atoms with Crippen LogP contribution in [-0.2, 0) is 26.7 Å². The summed E-state index contributed by atoms with van der Waals surface area (Å²) in [4.78, 5) is 12.2. The second kappa shape index (κ2) is 7.66. The molecule has 1 spiro atoms. The molecule has 1 amide bonds. The zero-order valence-electron chi connectivity index (χ0n) is 17.9. The minimum absolute atomic E-state index is 0.0708. The molecular weight excluding hydrogens is 446 g/mol. The molecule has 2 N–H and O–H groups in total. The van der Waals surface area contributed by atoms with E-state index in [0.29, 0.717) is 25.3 Å². The average Bonchev–Trinajstić information content (AvgIpc) is 3.01. The summed E-state index contributed by atoms with van der Waals surface area (Å²) in [6.07, 6.45) is 2.79. The second-order valence-corrected chi connectivity index (χ2v) is 10.4. The molecule has 1 aliphatic heterocycles. The summed E-state index contributed by atoms with van der Waals surface area (Å²) in [6, 6.07) is 13.6. The SMILES string of the molecule is Cc1ccc(Cc2cc(NS(=O)(=O)c3ccc(F)cc3F)cc3c2NC(=O)C32CCC2)cc1. The molecule has 170 valence electrons. The number of carbonyl (C=O) groups is 1. The highest BCUT2D eigenvalue weighted by Crippen LogP contribution is 2.53. The maximum atomic E-state index is 14.2. The molecule has 0 atom stereocenters. The van der Waals surface area contributed by atoms with Crippen LogP contribution in [0.4, 0.5) is 20.2 Å². The van der Waals surface area contributed by atoms with Crippen LogP contribution in [0.1, 0.15) is 41.5 Å². The van der Waals surface area contributed by atoms with Gasteiger partial charge in [0, 0.05) is 17.4 Å². The third kappa shape index (κ3) is 3.68. The van der Waals surface area contributed by atoms with Crippen molar-refractivity contribution in [2.24, 2.45) is 0 Å². The molecule has 5 nitrogen and oxygen atoms in total. The third-order valence-corrected chi connectivity index (χ3v) is 7.98. The minimum Gasteiger partial charge on any atom is -0.325 e. The van der Waals surface area contributed by atoms with Crippen molar-refractivity contribution in [2.75, 3.05) is 10.0 Å². The number of nitrogens with one attached hydrogen (secondary N) is 2. The molecule has 0 bridgehead atoms. The van der Waals surface area contributed by atoms with Crippen LogP contribution in [0.15, 0.2) is 59.5 Å². The number of fused-ring (bicyclic) bond motifs is 2. The van der Waals surface area contributed by atoms with Crippen molar-refractivity contribution in [3.63, 3.8) is 0 Å².